The number of phenols is 1. The van der Waals surface area contributed by atoms with Crippen LogP contribution < -0.4 is 9.57 Å². The number of hydrogen-bond donors (Lipinski definition) is 2. The number of sulfonamides is 1. The Morgan fingerprint density at radius 3 is 2.55 bits per heavy atom. The van der Waals surface area contributed by atoms with Crippen molar-refractivity contribution in [1.82, 2.24) is 4.83 Å². The van der Waals surface area contributed by atoms with Crippen molar-refractivity contribution < 1.29 is 18.3 Å². The predicted octanol–water partition coefficient (Wildman–Crippen LogP) is 2.37. The number of ether oxygens (including phenoxy) is 1. The van der Waals surface area contributed by atoms with Crippen LogP contribution in [-0.4, -0.2) is 26.8 Å². The summed E-state index contributed by atoms with van der Waals surface area (Å²) in [5.74, 6) is 0.143. The molecule has 116 valence electrons. The molecular weight excluding hydrogens is 328 g/mol. The van der Waals surface area contributed by atoms with Gasteiger partial charge in [0.2, 0.25) is 0 Å². The third-order valence-corrected chi connectivity index (χ3v) is 4.24. The second-order valence-corrected chi connectivity index (χ2v) is 6.30. The van der Waals surface area contributed by atoms with Crippen LogP contribution in [0.25, 0.3) is 0 Å². The average molecular weight is 341 g/mol. The molecule has 8 heteroatoms. The van der Waals surface area contributed by atoms with Gasteiger partial charge in [-0.15, -0.1) is 0 Å². The molecule has 0 aromatic heterocycles. The molecule has 2 aromatic rings. The van der Waals surface area contributed by atoms with E-state index in [4.69, 9.17) is 16.3 Å². The largest absolute Gasteiger partial charge is 0.504 e. The molecule has 0 spiro atoms. The highest BCUT2D eigenvalue weighted by Crippen LogP contribution is 2.27. The van der Waals surface area contributed by atoms with Crippen molar-refractivity contribution in [3.63, 3.8) is 0 Å². The number of hydrazone groups is 1. The quantitative estimate of drug-likeness (QED) is 0.646. The molecule has 0 saturated heterocycles. The van der Waals surface area contributed by atoms with Gasteiger partial charge in [-0.25, -0.2) is 4.83 Å². The standard InChI is InChI=1S/C14H13ClN2O4S/c1-21-13-4-2-3-10(14(13)18)9-16-17-22(19,20)12-7-5-11(15)6-8-12/h2-9,17-18H,1H3/b16-9-. The third-order valence-electron chi connectivity index (χ3n) is 2.75. The fourth-order valence-electron chi connectivity index (χ4n) is 1.64. The first-order valence-corrected chi connectivity index (χ1v) is 7.96. The second kappa shape index (κ2) is 6.67. The number of nitrogens with one attached hydrogen (secondary N) is 1. The highest BCUT2D eigenvalue weighted by Gasteiger charge is 2.12. The van der Waals surface area contributed by atoms with Crippen LogP contribution in [0.5, 0.6) is 11.5 Å². The molecule has 0 atom stereocenters. The molecule has 0 radical (unpaired) electrons. The fourth-order valence-corrected chi connectivity index (χ4v) is 2.56. The average Bonchev–Trinajstić information content (AvgIpc) is 2.49. The van der Waals surface area contributed by atoms with Crippen LogP contribution in [-0.2, 0) is 10.0 Å². The number of aromatic hydroxyl groups is 1. The molecule has 0 fully saturated rings. The van der Waals surface area contributed by atoms with Gasteiger partial charge in [0.25, 0.3) is 10.0 Å². The van der Waals surface area contributed by atoms with E-state index in [1.165, 1.54) is 37.6 Å². The van der Waals surface area contributed by atoms with Crippen LogP contribution in [0.4, 0.5) is 0 Å². The lowest BCUT2D eigenvalue weighted by atomic mass is 10.2. The summed E-state index contributed by atoms with van der Waals surface area (Å²) in [6.45, 7) is 0. The van der Waals surface area contributed by atoms with Crippen LogP contribution in [0.15, 0.2) is 52.5 Å². The van der Waals surface area contributed by atoms with Crippen molar-refractivity contribution in [2.45, 2.75) is 4.90 Å². The first-order chi connectivity index (χ1) is 10.4. The van der Waals surface area contributed by atoms with E-state index in [-0.39, 0.29) is 16.4 Å². The molecule has 2 aromatic carbocycles. The highest BCUT2D eigenvalue weighted by molar-refractivity contribution is 7.89. The molecule has 0 aliphatic carbocycles. The molecule has 0 aliphatic rings. The van der Waals surface area contributed by atoms with E-state index >= 15 is 0 Å². The minimum Gasteiger partial charge on any atom is -0.504 e. The van der Waals surface area contributed by atoms with Crippen LogP contribution in [0, 0.1) is 0 Å². The summed E-state index contributed by atoms with van der Waals surface area (Å²) in [4.78, 5) is 2.09. The molecule has 0 aliphatic heterocycles. The number of hydrogen-bond acceptors (Lipinski definition) is 5. The smallest absolute Gasteiger partial charge is 0.276 e. The van der Waals surface area contributed by atoms with E-state index < -0.39 is 10.0 Å². The Kier molecular flexibility index (Phi) is 4.89. The molecule has 2 rings (SSSR count). The zero-order chi connectivity index (χ0) is 16.2. The molecule has 0 unspecified atom stereocenters. The Labute approximate surface area is 133 Å². The van der Waals surface area contributed by atoms with Crippen molar-refractivity contribution in [1.29, 1.82) is 0 Å². The fraction of sp³-hybridized carbons (Fsp3) is 0.0714. The molecule has 0 heterocycles. The topological polar surface area (TPSA) is 88.0 Å². The summed E-state index contributed by atoms with van der Waals surface area (Å²) in [6, 6.07) is 10.4. The number of phenolic OH excluding ortho intramolecular Hbond substituents is 1. The molecular formula is C14H13ClN2O4S. The SMILES string of the molecule is COc1cccc(/C=N\NS(=O)(=O)c2ccc(Cl)cc2)c1O. The van der Waals surface area contributed by atoms with Crippen LogP contribution >= 0.6 is 11.6 Å². The van der Waals surface area contributed by atoms with Gasteiger partial charge in [0.15, 0.2) is 11.5 Å². The zero-order valence-corrected chi connectivity index (χ0v) is 13.1. The lowest BCUT2D eigenvalue weighted by Gasteiger charge is -2.05. The molecule has 22 heavy (non-hydrogen) atoms. The first-order valence-electron chi connectivity index (χ1n) is 6.10. The minimum atomic E-state index is -3.80. The van der Waals surface area contributed by atoms with E-state index in [1.54, 1.807) is 18.2 Å². The Morgan fingerprint density at radius 1 is 1.23 bits per heavy atom. The Hall–Kier alpha value is -2.25. The number of para-hydroxylation sites is 1. The third kappa shape index (κ3) is 3.69. The van der Waals surface area contributed by atoms with Crippen molar-refractivity contribution in [3.8, 4) is 11.5 Å². The molecule has 2 N–H and O–H groups in total. The van der Waals surface area contributed by atoms with Gasteiger partial charge in [-0.1, -0.05) is 17.7 Å². The zero-order valence-electron chi connectivity index (χ0n) is 11.5. The summed E-state index contributed by atoms with van der Waals surface area (Å²) in [7, 11) is -2.38. The van der Waals surface area contributed by atoms with Gasteiger partial charge in [0.05, 0.1) is 18.2 Å². The Balaban J connectivity index is 2.17. The summed E-state index contributed by atoms with van der Waals surface area (Å²) >= 11 is 5.71. The van der Waals surface area contributed by atoms with Crippen LogP contribution in [0.1, 0.15) is 5.56 Å². The van der Waals surface area contributed by atoms with Gasteiger partial charge in [-0.05, 0) is 36.4 Å². The maximum Gasteiger partial charge on any atom is 0.276 e. The minimum absolute atomic E-state index is 0.0314. The van der Waals surface area contributed by atoms with Gasteiger partial charge in [0, 0.05) is 10.6 Å². The molecule has 0 bridgehead atoms. The number of methoxy groups -OCH3 is 1. The van der Waals surface area contributed by atoms with Gasteiger partial charge in [-0.3, -0.25) is 0 Å². The van der Waals surface area contributed by atoms with Gasteiger partial charge in [-0.2, -0.15) is 13.5 Å². The normalized spacial score (nSPS) is 11.5. The van der Waals surface area contributed by atoms with E-state index in [2.05, 4.69) is 9.93 Å². The van der Waals surface area contributed by atoms with Gasteiger partial charge < -0.3 is 9.84 Å². The first kappa shape index (κ1) is 16.1. The number of nitrogens with zero attached hydrogens (tertiary/aromatic N) is 1. The van der Waals surface area contributed by atoms with Crippen molar-refractivity contribution in [2.24, 2.45) is 5.10 Å². The maximum absolute atomic E-state index is 12.0. The monoisotopic (exact) mass is 340 g/mol. The van der Waals surface area contributed by atoms with Gasteiger partial charge >= 0.3 is 0 Å². The summed E-state index contributed by atoms with van der Waals surface area (Å²) < 4.78 is 28.9. The lowest BCUT2D eigenvalue weighted by molar-refractivity contribution is 0.373. The van der Waals surface area contributed by atoms with Crippen molar-refractivity contribution in [2.75, 3.05) is 7.11 Å². The number of benzene rings is 2. The highest BCUT2D eigenvalue weighted by atomic mass is 35.5. The number of halogens is 1. The Bertz CT molecular complexity index is 789. The Morgan fingerprint density at radius 2 is 1.91 bits per heavy atom. The van der Waals surface area contributed by atoms with E-state index in [0.717, 1.165) is 0 Å². The summed E-state index contributed by atoms with van der Waals surface area (Å²) in [6.07, 6.45) is 1.19. The van der Waals surface area contributed by atoms with Crippen LogP contribution in [0.2, 0.25) is 5.02 Å². The summed E-state index contributed by atoms with van der Waals surface area (Å²) in [5.41, 5.74) is 0.318. The number of rotatable bonds is 5. The molecule has 0 saturated carbocycles. The van der Waals surface area contributed by atoms with E-state index in [1.807, 2.05) is 0 Å². The van der Waals surface area contributed by atoms with Crippen molar-refractivity contribution >= 4 is 27.8 Å². The summed E-state index contributed by atoms with van der Waals surface area (Å²) in [5, 5.41) is 13.9. The second-order valence-electron chi connectivity index (χ2n) is 4.20. The van der Waals surface area contributed by atoms with Gasteiger partial charge in [0.1, 0.15) is 0 Å². The lowest BCUT2D eigenvalue weighted by Crippen LogP contribution is -2.18. The molecule has 0 amide bonds. The molecule has 6 nitrogen and oxygen atoms in total. The van der Waals surface area contributed by atoms with Crippen LogP contribution in [0.3, 0.4) is 0 Å². The van der Waals surface area contributed by atoms with E-state index in [9.17, 15) is 13.5 Å². The predicted molar refractivity (Wildman–Crippen MR) is 84.0 cm³/mol. The van der Waals surface area contributed by atoms with Crippen molar-refractivity contribution in [3.05, 3.63) is 53.1 Å². The maximum atomic E-state index is 12.0. The van der Waals surface area contributed by atoms with E-state index in [0.29, 0.717) is 10.6 Å².